The van der Waals surface area contributed by atoms with Gasteiger partial charge in [0, 0.05) is 29.8 Å². The summed E-state index contributed by atoms with van der Waals surface area (Å²) in [4.78, 5) is 39.2. The fraction of sp³-hybridized carbons (Fsp3) is 0.0870. The third-order valence-electron chi connectivity index (χ3n) is 5.38. The molecule has 158 valence electrons. The molecule has 0 aliphatic carbocycles. The molecule has 5 rings (SSSR count). The van der Waals surface area contributed by atoms with E-state index in [2.05, 4.69) is 4.98 Å². The van der Waals surface area contributed by atoms with Gasteiger partial charge in [-0.3, -0.25) is 19.5 Å². The molecule has 0 saturated carbocycles. The van der Waals surface area contributed by atoms with Gasteiger partial charge >= 0.3 is 5.97 Å². The van der Waals surface area contributed by atoms with E-state index in [0.29, 0.717) is 46.8 Å². The number of carboxylic acid groups (broad SMARTS) is 1. The molecule has 0 bridgehead atoms. The fourth-order valence-electron chi connectivity index (χ4n) is 3.82. The lowest BCUT2D eigenvalue weighted by Gasteiger charge is -2.06. The van der Waals surface area contributed by atoms with Gasteiger partial charge in [-0.1, -0.05) is 12.1 Å². The maximum absolute atomic E-state index is 12.8. The number of aromatic nitrogens is 2. The number of aromatic carboxylic acids is 1. The van der Waals surface area contributed by atoms with Gasteiger partial charge in [-0.15, -0.1) is 0 Å². The van der Waals surface area contributed by atoms with Crippen molar-refractivity contribution >= 4 is 34.2 Å². The zero-order valence-corrected chi connectivity index (χ0v) is 16.5. The Balaban J connectivity index is 1.54. The van der Waals surface area contributed by atoms with Crippen LogP contribution in [-0.4, -0.2) is 25.6 Å². The van der Waals surface area contributed by atoms with Crippen molar-refractivity contribution in [3.05, 3.63) is 92.2 Å². The zero-order chi connectivity index (χ0) is 22.4. The molecular formula is C23H15N3O6. The molecule has 32 heavy (non-hydrogen) atoms. The Kier molecular flexibility index (Phi) is 4.44. The first-order valence-electron chi connectivity index (χ1n) is 9.74. The van der Waals surface area contributed by atoms with Gasteiger partial charge in [-0.25, -0.2) is 9.78 Å². The molecule has 9 heteroatoms. The van der Waals surface area contributed by atoms with E-state index < -0.39 is 10.9 Å². The number of non-ortho nitro benzene ring substituents is 1. The topological polar surface area (TPSA) is 128 Å². The van der Waals surface area contributed by atoms with Crippen molar-refractivity contribution in [3.8, 4) is 11.3 Å². The van der Waals surface area contributed by atoms with Gasteiger partial charge in [-0.05, 0) is 42.8 Å². The molecule has 1 aliphatic heterocycles. The number of carbonyl (C=O) groups is 1. The van der Waals surface area contributed by atoms with E-state index in [0.717, 1.165) is 5.57 Å². The summed E-state index contributed by atoms with van der Waals surface area (Å²) in [6.45, 7) is 0.460. The van der Waals surface area contributed by atoms with Gasteiger partial charge in [0.1, 0.15) is 17.3 Å². The van der Waals surface area contributed by atoms with Crippen molar-refractivity contribution in [3.63, 3.8) is 0 Å². The van der Waals surface area contributed by atoms with Gasteiger partial charge in [0.25, 0.3) is 11.2 Å². The molecule has 3 heterocycles. The van der Waals surface area contributed by atoms with Crippen molar-refractivity contribution in [1.29, 1.82) is 0 Å². The summed E-state index contributed by atoms with van der Waals surface area (Å²) in [5.41, 5.74) is 1.50. The van der Waals surface area contributed by atoms with Gasteiger partial charge in [0.2, 0.25) is 0 Å². The standard InChI is InChI=1S/C23H15N3O6/c27-22-18-6-4-15(23(28)29)12-19(18)24-21-14(8-9-25(21)22)11-17-5-7-20(32-17)13-2-1-3-16(10-13)26(30)31/h1-7,10-12H,8-9H2,(H,28,29). The first-order chi connectivity index (χ1) is 15.4. The van der Waals surface area contributed by atoms with E-state index in [9.17, 15) is 24.8 Å². The monoisotopic (exact) mass is 429 g/mol. The highest BCUT2D eigenvalue weighted by Gasteiger charge is 2.22. The zero-order valence-electron chi connectivity index (χ0n) is 16.5. The highest BCUT2D eigenvalue weighted by Crippen LogP contribution is 2.31. The average molecular weight is 429 g/mol. The van der Waals surface area contributed by atoms with E-state index in [1.807, 2.05) is 0 Å². The summed E-state index contributed by atoms with van der Waals surface area (Å²) < 4.78 is 7.43. The molecular weight excluding hydrogens is 414 g/mol. The Morgan fingerprint density at radius 1 is 1.19 bits per heavy atom. The number of nitrogens with zero attached hydrogens (tertiary/aromatic N) is 3. The number of nitro groups is 1. The van der Waals surface area contributed by atoms with Crippen LogP contribution in [0.4, 0.5) is 5.69 Å². The number of hydrogen-bond acceptors (Lipinski definition) is 6. The molecule has 0 atom stereocenters. The van der Waals surface area contributed by atoms with Gasteiger partial charge in [-0.2, -0.15) is 0 Å². The lowest BCUT2D eigenvalue weighted by molar-refractivity contribution is -0.384. The molecule has 0 unspecified atom stereocenters. The second-order valence-electron chi connectivity index (χ2n) is 7.36. The largest absolute Gasteiger partial charge is 0.478 e. The van der Waals surface area contributed by atoms with Crippen LogP contribution in [0.25, 0.3) is 33.9 Å². The Bertz CT molecular complexity index is 1510. The Labute approximate surface area is 180 Å². The number of nitro benzene ring substituents is 1. The number of hydrogen-bond donors (Lipinski definition) is 1. The second-order valence-corrected chi connectivity index (χ2v) is 7.36. The van der Waals surface area contributed by atoms with Gasteiger partial charge < -0.3 is 9.52 Å². The minimum absolute atomic E-state index is 0.0280. The number of carboxylic acids is 1. The molecule has 0 spiro atoms. The van der Waals surface area contributed by atoms with E-state index in [-0.39, 0.29) is 16.8 Å². The van der Waals surface area contributed by atoms with E-state index in [4.69, 9.17) is 4.42 Å². The predicted molar refractivity (Wildman–Crippen MR) is 116 cm³/mol. The van der Waals surface area contributed by atoms with Gasteiger partial charge in [0.15, 0.2) is 0 Å². The van der Waals surface area contributed by atoms with Crippen LogP contribution < -0.4 is 5.56 Å². The normalized spacial score (nSPS) is 14.1. The lowest BCUT2D eigenvalue weighted by atomic mass is 10.1. The number of rotatable bonds is 4. The minimum Gasteiger partial charge on any atom is -0.478 e. The summed E-state index contributed by atoms with van der Waals surface area (Å²) in [5, 5.41) is 20.6. The molecule has 0 fully saturated rings. The van der Waals surface area contributed by atoms with Crippen LogP contribution in [0, 0.1) is 10.1 Å². The summed E-state index contributed by atoms with van der Waals surface area (Å²) in [5.74, 6) is 0.379. The molecule has 0 radical (unpaired) electrons. The number of fused-ring (bicyclic) bond motifs is 2. The van der Waals surface area contributed by atoms with Crippen LogP contribution >= 0.6 is 0 Å². The number of furan rings is 1. The molecule has 2 aromatic heterocycles. The maximum atomic E-state index is 12.8. The molecule has 4 aromatic rings. The van der Waals surface area contributed by atoms with Crippen LogP contribution in [0.15, 0.2) is 63.8 Å². The SMILES string of the molecule is O=C(O)c1ccc2c(=O)n3c(nc2c1)C(=Cc1ccc(-c2cccc([N+](=O)[O-])c2)o1)CC3. The molecule has 1 aliphatic rings. The van der Waals surface area contributed by atoms with Crippen molar-refractivity contribution in [1.82, 2.24) is 9.55 Å². The molecule has 0 saturated heterocycles. The van der Waals surface area contributed by atoms with Crippen molar-refractivity contribution < 1.29 is 19.2 Å². The predicted octanol–water partition coefficient (Wildman–Crippen LogP) is 4.21. The molecule has 9 nitrogen and oxygen atoms in total. The van der Waals surface area contributed by atoms with Crippen molar-refractivity contribution in [2.24, 2.45) is 0 Å². The molecule has 1 N–H and O–H groups in total. The summed E-state index contributed by atoms with van der Waals surface area (Å²) >= 11 is 0. The summed E-state index contributed by atoms with van der Waals surface area (Å²) in [7, 11) is 0. The average Bonchev–Trinajstić information content (AvgIpc) is 3.41. The third kappa shape index (κ3) is 3.25. The first kappa shape index (κ1) is 19.4. The van der Waals surface area contributed by atoms with Crippen LogP contribution in [0.1, 0.15) is 28.4 Å². The van der Waals surface area contributed by atoms with Gasteiger partial charge in [0.05, 0.1) is 21.4 Å². The Morgan fingerprint density at radius 3 is 2.81 bits per heavy atom. The van der Waals surface area contributed by atoms with Crippen molar-refractivity contribution in [2.45, 2.75) is 13.0 Å². The smallest absolute Gasteiger partial charge is 0.335 e. The van der Waals surface area contributed by atoms with Crippen molar-refractivity contribution in [2.75, 3.05) is 0 Å². The summed E-state index contributed by atoms with van der Waals surface area (Å²) in [6.07, 6.45) is 2.34. The first-order valence-corrected chi connectivity index (χ1v) is 9.74. The molecule has 0 amide bonds. The van der Waals surface area contributed by atoms with Crippen LogP contribution in [0.3, 0.4) is 0 Å². The Morgan fingerprint density at radius 2 is 2.03 bits per heavy atom. The number of benzene rings is 2. The third-order valence-corrected chi connectivity index (χ3v) is 5.38. The molecule has 2 aromatic carbocycles. The number of allylic oxidation sites excluding steroid dienone is 1. The van der Waals surface area contributed by atoms with Crippen LogP contribution in [0.2, 0.25) is 0 Å². The Hall–Kier alpha value is -4.53. The second kappa shape index (κ2) is 7.31. The minimum atomic E-state index is -1.09. The highest BCUT2D eigenvalue weighted by molar-refractivity contribution is 5.93. The fourth-order valence-corrected chi connectivity index (χ4v) is 3.82. The lowest BCUT2D eigenvalue weighted by Crippen LogP contribution is -2.20. The van der Waals surface area contributed by atoms with E-state index >= 15 is 0 Å². The van der Waals surface area contributed by atoms with Crippen LogP contribution in [0.5, 0.6) is 0 Å². The summed E-state index contributed by atoms with van der Waals surface area (Å²) in [6, 6.07) is 13.9. The highest BCUT2D eigenvalue weighted by atomic mass is 16.6. The van der Waals surface area contributed by atoms with E-state index in [1.165, 1.54) is 30.3 Å². The van der Waals surface area contributed by atoms with E-state index in [1.54, 1.807) is 34.9 Å². The van der Waals surface area contributed by atoms with Crippen LogP contribution in [-0.2, 0) is 6.54 Å². The quantitative estimate of drug-likeness (QED) is 0.380. The maximum Gasteiger partial charge on any atom is 0.335 e.